The second-order valence-electron chi connectivity index (χ2n) is 4.22. The van der Waals surface area contributed by atoms with E-state index in [1.807, 2.05) is 0 Å². The van der Waals surface area contributed by atoms with Crippen molar-refractivity contribution >= 4 is 17.7 Å². The lowest BCUT2D eigenvalue weighted by Gasteiger charge is -2.04. The Balaban J connectivity index is 2.25. The molecule has 18 heavy (non-hydrogen) atoms. The lowest BCUT2D eigenvalue weighted by molar-refractivity contribution is -0.141. The Bertz CT molecular complexity index is 532. The van der Waals surface area contributed by atoms with Crippen molar-refractivity contribution in [2.24, 2.45) is 5.92 Å². The molecule has 0 bridgehead atoms. The van der Waals surface area contributed by atoms with E-state index in [-0.39, 0.29) is 17.8 Å². The van der Waals surface area contributed by atoms with Gasteiger partial charge < -0.3 is 9.84 Å². The van der Waals surface area contributed by atoms with Gasteiger partial charge in [-0.05, 0) is 24.1 Å². The molecule has 1 aromatic carbocycles. The quantitative estimate of drug-likeness (QED) is 0.815. The number of carbonyl (C=O) groups excluding carboxylic acids is 2. The van der Waals surface area contributed by atoms with Gasteiger partial charge in [0.05, 0.1) is 19.1 Å². The van der Waals surface area contributed by atoms with Gasteiger partial charge >= 0.3 is 11.9 Å². The molecule has 0 saturated carbocycles. The van der Waals surface area contributed by atoms with Crippen LogP contribution in [0.3, 0.4) is 0 Å². The first-order valence-corrected chi connectivity index (χ1v) is 5.50. The highest BCUT2D eigenvalue weighted by atomic mass is 16.5. The summed E-state index contributed by atoms with van der Waals surface area (Å²) in [6.07, 6.45) is 0.496. The molecule has 1 aliphatic carbocycles. The Morgan fingerprint density at radius 3 is 2.78 bits per heavy atom. The molecule has 0 amide bonds. The predicted molar refractivity (Wildman–Crippen MR) is 61.6 cm³/mol. The molecule has 0 aromatic heterocycles. The summed E-state index contributed by atoms with van der Waals surface area (Å²) >= 11 is 0. The highest BCUT2D eigenvalue weighted by Gasteiger charge is 2.32. The molecule has 1 N–H and O–H groups in total. The fourth-order valence-corrected chi connectivity index (χ4v) is 2.14. The van der Waals surface area contributed by atoms with Crippen molar-refractivity contribution in [1.82, 2.24) is 0 Å². The summed E-state index contributed by atoms with van der Waals surface area (Å²) in [7, 11) is 1.28. The summed E-state index contributed by atoms with van der Waals surface area (Å²) in [6.45, 7) is 0. The summed E-state index contributed by atoms with van der Waals surface area (Å²) in [4.78, 5) is 34.0. The van der Waals surface area contributed by atoms with E-state index >= 15 is 0 Å². The number of ether oxygens (including phenoxy) is 1. The number of aromatic carboxylic acids is 1. The van der Waals surface area contributed by atoms with Crippen molar-refractivity contribution < 1.29 is 24.2 Å². The number of carbonyl (C=O) groups is 3. The van der Waals surface area contributed by atoms with Crippen LogP contribution in [0, 0.1) is 5.92 Å². The number of rotatable bonds is 3. The molecule has 1 aliphatic rings. The number of carboxylic acids is 1. The second kappa shape index (κ2) is 4.60. The van der Waals surface area contributed by atoms with Crippen molar-refractivity contribution in [3.63, 3.8) is 0 Å². The average Bonchev–Trinajstić information content (AvgIpc) is 2.66. The van der Waals surface area contributed by atoms with E-state index < -0.39 is 17.9 Å². The standard InChI is InChI=1S/C13H12O5/c1-18-11(14)6-9-4-7-2-3-8(13(16)17)5-10(7)12(9)15/h2-3,5,9H,4,6H2,1H3,(H,16,17). The first-order chi connectivity index (χ1) is 8.52. The van der Waals surface area contributed by atoms with E-state index in [4.69, 9.17) is 5.11 Å². The Hall–Kier alpha value is -2.17. The van der Waals surface area contributed by atoms with Crippen LogP contribution in [0.15, 0.2) is 18.2 Å². The smallest absolute Gasteiger partial charge is 0.335 e. The molecule has 1 unspecified atom stereocenters. The Morgan fingerprint density at radius 2 is 2.17 bits per heavy atom. The van der Waals surface area contributed by atoms with Crippen LogP contribution < -0.4 is 0 Å². The predicted octanol–water partition coefficient (Wildman–Crippen LogP) is 1.30. The molecule has 0 saturated heterocycles. The monoisotopic (exact) mass is 248 g/mol. The van der Waals surface area contributed by atoms with E-state index in [0.29, 0.717) is 12.0 Å². The minimum absolute atomic E-state index is 0.0341. The number of benzene rings is 1. The molecule has 2 rings (SSSR count). The molecule has 1 atom stereocenters. The molecule has 0 spiro atoms. The Kier molecular flexibility index (Phi) is 3.14. The molecular weight excluding hydrogens is 236 g/mol. The first kappa shape index (κ1) is 12.3. The Morgan fingerprint density at radius 1 is 1.44 bits per heavy atom. The number of carboxylic acid groups (broad SMARTS) is 1. The molecule has 5 nitrogen and oxygen atoms in total. The van der Waals surface area contributed by atoms with Crippen LogP contribution in [0.5, 0.6) is 0 Å². The third-order valence-electron chi connectivity index (χ3n) is 3.10. The van der Waals surface area contributed by atoms with E-state index in [2.05, 4.69) is 4.74 Å². The second-order valence-corrected chi connectivity index (χ2v) is 4.22. The summed E-state index contributed by atoms with van der Waals surface area (Å²) < 4.78 is 4.54. The average molecular weight is 248 g/mol. The van der Waals surface area contributed by atoms with Crippen LogP contribution in [0.2, 0.25) is 0 Å². The topological polar surface area (TPSA) is 80.7 Å². The van der Waals surface area contributed by atoms with Gasteiger partial charge in [-0.15, -0.1) is 0 Å². The maximum atomic E-state index is 12.0. The van der Waals surface area contributed by atoms with Gasteiger partial charge in [-0.1, -0.05) is 6.07 Å². The summed E-state index contributed by atoms with van der Waals surface area (Å²) in [5.74, 6) is -2.11. The SMILES string of the molecule is COC(=O)CC1Cc2ccc(C(=O)O)cc2C1=O. The highest BCUT2D eigenvalue weighted by Crippen LogP contribution is 2.29. The zero-order chi connectivity index (χ0) is 13.3. The summed E-state index contributed by atoms with van der Waals surface area (Å²) in [6, 6.07) is 4.47. The summed E-state index contributed by atoms with van der Waals surface area (Å²) in [5, 5.41) is 8.87. The highest BCUT2D eigenvalue weighted by molar-refractivity contribution is 6.05. The lowest BCUT2D eigenvalue weighted by Crippen LogP contribution is -2.15. The maximum absolute atomic E-state index is 12.0. The number of fused-ring (bicyclic) bond motifs is 1. The molecule has 0 aliphatic heterocycles. The molecular formula is C13H12O5. The van der Waals surface area contributed by atoms with Gasteiger partial charge in [0.2, 0.25) is 0 Å². The summed E-state index contributed by atoms with van der Waals surface area (Å²) in [5.41, 5.74) is 1.28. The van der Waals surface area contributed by atoms with Crippen LogP contribution >= 0.6 is 0 Å². The number of ketones is 1. The Labute approximate surface area is 103 Å². The molecule has 94 valence electrons. The molecule has 0 heterocycles. The molecule has 0 radical (unpaired) electrons. The minimum Gasteiger partial charge on any atom is -0.478 e. The van der Waals surface area contributed by atoms with Gasteiger partial charge in [0.1, 0.15) is 0 Å². The number of hydrogen-bond donors (Lipinski definition) is 1. The van der Waals surface area contributed by atoms with Crippen LogP contribution in [0.25, 0.3) is 0 Å². The minimum atomic E-state index is -1.07. The molecule has 0 fully saturated rings. The van der Waals surface area contributed by atoms with Gasteiger partial charge in [-0.25, -0.2) is 4.79 Å². The van der Waals surface area contributed by atoms with Crippen LogP contribution in [-0.2, 0) is 16.0 Å². The third kappa shape index (κ3) is 2.11. The normalized spacial score (nSPS) is 17.4. The fourth-order valence-electron chi connectivity index (χ4n) is 2.14. The van der Waals surface area contributed by atoms with Gasteiger partial charge in [0, 0.05) is 11.5 Å². The van der Waals surface area contributed by atoms with Crippen molar-refractivity contribution in [3.05, 3.63) is 34.9 Å². The van der Waals surface area contributed by atoms with E-state index in [1.165, 1.54) is 19.2 Å². The third-order valence-corrected chi connectivity index (χ3v) is 3.10. The van der Waals surface area contributed by atoms with Crippen LogP contribution in [0.4, 0.5) is 0 Å². The largest absolute Gasteiger partial charge is 0.478 e. The zero-order valence-corrected chi connectivity index (χ0v) is 9.80. The van der Waals surface area contributed by atoms with E-state index in [0.717, 1.165) is 5.56 Å². The van der Waals surface area contributed by atoms with Gasteiger partial charge in [0.15, 0.2) is 5.78 Å². The zero-order valence-electron chi connectivity index (χ0n) is 9.80. The first-order valence-electron chi connectivity index (χ1n) is 5.50. The number of Topliss-reactive ketones (excluding diaryl/α,β-unsaturated/α-hetero) is 1. The van der Waals surface area contributed by atoms with Gasteiger partial charge in [0.25, 0.3) is 0 Å². The van der Waals surface area contributed by atoms with Crippen molar-refractivity contribution in [1.29, 1.82) is 0 Å². The van der Waals surface area contributed by atoms with Gasteiger partial charge in [-0.3, -0.25) is 9.59 Å². The van der Waals surface area contributed by atoms with Crippen LogP contribution in [0.1, 0.15) is 32.7 Å². The number of methoxy groups -OCH3 is 1. The van der Waals surface area contributed by atoms with Crippen molar-refractivity contribution in [3.8, 4) is 0 Å². The van der Waals surface area contributed by atoms with Crippen LogP contribution in [-0.4, -0.2) is 29.9 Å². The number of esters is 1. The van der Waals surface area contributed by atoms with Crippen molar-refractivity contribution in [2.75, 3.05) is 7.11 Å². The molecule has 5 heteroatoms. The molecule has 1 aromatic rings. The maximum Gasteiger partial charge on any atom is 0.335 e. The lowest BCUT2D eigenvalue weighted by atomic mass is 10.0. The van der Waals surface area contributed by atoms with Crippen molar-refractivity contribution in [2.45, 2.75) is 12.8 Å². The van der Waals surface area contributed by atoms with E-state index in [1.54, 1.807) is 6.07 Å². The fraction of sp³-hybridized carbons (Fsp3) is 0.308. The van der Waals surface area contributed by atoms with E-state index in [9.17, 15) is 14.4 Å². The number of hydrogen-bond acceptors (Lipinski definition) is 4. The van der Waals surface area contributed by atoms with Gasteiger partial charge in [-0.2, -0.15) is 0 Å².